The lowest BCUT2D eigenvalue weighted by Crippen LogP contribution is -2.51. The Morgan fingerprint density at radius 1 is 1.32 bits per heavy atom. The quantitative estimate of drug-likeness (QED) is 0.735. The molecule has 0 unspecified atom stereocenters. The summed E-state index contributed by atoms with van der Waals surface area (Å²) in [4.78, 5) is 0. The van der Waals surface area contributed by atoms with Crippen LogP contribution in [0.1, 0.15) is 65.7 Å². The summed E-state index contributed by atoms with van der Waals surface area (Å²) in [5.41, 5.74) is 3.06. The number of aliphatic hydroxyl groups is 2. The van der Waals surface area contributed by atoms with Crippen LogP contribution in [0.15, 0.2) is 23.8 Å². The van der Waals surface area contributed by atoms with Crippen LogP contribution in [0.4, 0.5) is 0 Å². The first kappa shape index (κ1) is 17.7. The van der Waals surface area contributed by atoms with E-state index in [1.165, 1.54) is 30.4 Å². The Labute approximate surface area is 136 Å². The molecule has 2 heteroatoms. The third-order valence-corrected chi connectivity index (χ3v) is 6.77. The van der Waals surface area contributed by atoms with E-state index in [0.717, 1.165) is 25.7 Å². The fraction of sp³-hybridized carbons (Fsp3) is 0.800. The van der Waals surface area contributed by atoms with Gasteiger partial charge >= 0.3 is 0 Å². The van der Waals surface area contributed by atoms with E-state index in [4.69, 9.17) is 5.11 Å². The molecule has 0 aromatic rings. The van der Waals surface area contributed by atoms with Crippen LogP contribution in [0.3, 0.4) is 0 Å². The highest BCUT2D eigenvalue weighted by Crippen LogP contribution is 2.61. The Morgan fingerprint density at radius 3 is 2.68 bits per heavy atom. The SMILES string of the molecule is C=C1CC[C@H]2[C@](C)(CO)CCC[C@@]2(C)[C@H]1CC/C(C)=C\CO. The Morgan fingerprint density at radius 2 is 2.05 bits per heavy atom. The van der Waals surface area contributed by atoms with Gasteiger partial charge in [0.25, 0.3) is 0 Å². The second-order valence-corrected chi connectivity index (χ2v) is 8.25. The fourth-order valence-corrected chi connectivity index (χ4v) is 5.44. The van der Waals surface area contributed by atoms with Crippen molar-refractivity contribution in [2.75, 3.05) is 13.2 Å². The van der Waals surface area contributed by atoms with Crippen LogP contribution in [0, 0.1) is 22.7 Å². The van der Waals surface area contributed by atoms with E-state index in [1.54, 1.807) is 0 Å². The minimum Gasteiger partial charge on any atom is -0.396 e. The van der Waals surface area contributed by atoms with Crippen molar-refractivity contribution in [2.45, 2.75) is 65.7 Å². The Balaban J connectivity index is 2.20. The molecule has 2 saturated carbocycles. The highest BCUT2D eigenvalue weighted by atomic mass is 16.3. The van der Waals surface area contributed by atoms with Crippen molar-refractivity contribution in [1.29, 1.82) is 0 Å². The average molecular weight is 306 g/mol. The second kappa shape index (κ2) is 6.88. The topological polar surface area (TPSA) is 40.5 Å². The van der Waals surface area contributed by atoms with Crippen molar-refractivity contribution in [3.8, 4) is 0 Å². The monoisotopic (exact) mass is 306 g/mol. The number of aliphatic hydroxyl groups excluding tert-OH is 2. The summed E-state index contributed by atoms with van der Waals surface area (Å²) in [7, 11) is 0. The number of hydrogen-bond donors (Lipinski definition) is 2. The normalized spacial score (nSPS) is 39.7. The van der Waals surface area contributed by atoms with E-state index >= 15 is 0 Å². The number of rotatable bonds is 5. The molecule has 0 aromatic carbocycles. The van der Waals surface area contributed by atoms with Gasteiger partial charge in [0.05, 0.1) is 6.61 Å². The summed E-state index contributed by atoms with van der Waals surface area (Å²) >= 11 is 0. The van der Waals surface area contributed by atoms with Gasteiger partial charge in [-0.2, -0.15) is 0 Å². The molecule has 0 aliphatic heterocycles. The van der Waals surface area contributed by atoms with Gasteiger partial charge in [0, 0.05) is 6.61 Å². The zero-order valence-electron chi connectivity index (χ0n) is 14.7. The maximum Gasteiger partial charge on any atom is 0.0614 e. The number of hydrogen-bond acceptors (Lipinski definition) is 2. The van der Waals surface area contributed by atoms with Gasteiger partial charge in [-0.3, -0.25) is 0 Å². The molecule has 0 amide bonds. The highest BCUT2D eigenvalue weighted by Gasteiger charge is 2.53. The zero-order valence-corrected chi connectivity index (χ0v) is 14.7. The van der Waals surface area contributed by atoms with Gasteiger partial charge < -0.3 is 10.2 Å². The largest absolute Gasteiger partial charge is 0.396 e. The Hall–Kier alpha value is -0.600. The fourth-order valence-electron chi connectivity index (χ4n) is 5.44. The molecule has 2 rings (SSSR count). The van der Waals surface area contributed by atoms with Crippen molar-refractivity contribution >= 4 is 0 Å². The summed E-state index contributed by atoms with van der Waals surface area (Å²) in [6.45, 7) is 11.7. The molecule has 0 bridgehead atoms. The molecule has 2 aliphatic rings. The third kappa shape index (κ3) is 3.19. The Kier molecular flexibility index (Phi) is 5.55. The molecule has 2 nitrogen and oxygen atoms in total. The predicted octanol–water partition coefficient (Wildman–Crippen LogP) is 4.48. The zero-order chi connectivity index (χ0) is 16.4. The standard InChI is InChI=1S/C20H34O2/c1-15(10-13-21)6-8-17-16(2)7-9-18-19(3,14-22)11-5-12-20(17,18)4/h10,17-18,21-22H,2,5-9,11-14H2,1,3-4H3/b15-10-/t17-,18-,19-,20-/m0/s1. The third-order valence-electron chi connectivity index (χ3n) is 6.77. The van der Waals surface area contributed by atoms with Crippen LogP contribution in [-0.2, 0) is 0 Å². The number of fused-ring (bicyclic) bond motifs is 1. The molecule has 0 radical (unpaired) electrons. The lowest BCUT2D eigenvalue weighted by Gasteiger charge is -2.58. The molecule has 126 valence electrons. The summed E-state index contributed by atoms with van der Waals surface area (Å²) in [5.74, 6) is 1.16. The first-order valence-electron chi connectivity index (χ1n) is 8.92. The van der Waals surface area contributed by atoms with Gasteiger partial charge in [0.2, 0.25) is 0 Å². The van der Waals surface area contributed by atoms with Gasteiger partial charge in [-0.15, -0.1) is 0 Å². The van der Waals surface area contributed by atoms with E-state index in [9.17, 15) is 5.11 Å². The van der Waals surface area contributed by atoms with E-state index in [2.05, 4.69) is 27.4 Å². The van der Waals surface area contributed by atoms with E-state index in [1.807, 2.05) is 6.08 Å². The van der Waals surface area contributed by atoms with Crippen LogP contribution in [0.2, 0.25) is 0 Å². The summed E-state index contributed by atoms with van der Waals surface area (Å²) in [6, 6.07) is 0. The van der Waals surface area contributed by atoms with Crippen molar-refractivity contribution in [3.05, 3.63) is 23.8 Å². The van der Waals surface area contributed by atoms with Crippen molar-refractivity contribution in [2.24, 2.45) is 22.7 Å². The average Bonchev–Trinajstić information content (AvgIpc) is 2.46. The molecule has 2 fully saturated rings. The maximum atomic E-state index is 9.98. The summed E-state index contributed by atoms with van der Waals surface area (Å²) < 4.78 is 0. The first-order valence-corrected chi connectivity index (χ1v) is 8.92. The maximum absolute atomic E-state index is 9.98. The lowest BCUT2D eigenvalue weighted by molar-refractivity contribution is -0.0858. The molecule has 2 aliphatic carbocycles. The molecule has 0 heterocycles. The molecule has 0 aromatic heterocycles. The minimum atomic E-state index is 0.0853. The second-order valence-electron chi connectivity index (χ2n) is 8.25. The van der Waals surface area contributed by atoms with Gasteiger partial charge in [0.15, 0.2) is 0 Å². The van der Waals surface area contributed by atoms with Crippen LogP contribution >= 0.6 is 0 Å². The van der Waals surface area contributed by atoms with E-state index < -0.39 is 0 Å². The van der Waals surface area contributed by atoms with Crippen LogP contribution in [0.25, 0.3) is 0 Å². The predicted molar refractivity (Wildman–Crippen MR) is 92.6 cm³/mol. The van der Waals surface area contributed by atoms with Crippen LogP contribution in [-0.4, -0.2) is 23.4 Å². The first-order chi connectivity index (χ1) is 10.4. The minimum absolute atomic E-state index is 0.0853. The van der Waals surface area contributed by atoms with Gasteiger partial charge in [-0.25, -0.2) is 0 Å². The van der Waals surface area contributed by atoms with Gasteiger partial charge in [-0.05, 0) is 68.1 Å². The smallest absolute Gasteiger partial charge is 0.0614 e. The van der Waals surface area contributed by atoms with Crippen molar-refractivity contribution in [1.82, 2.24) is 0 Å². The molecular formula is C20H34O2. The van der Waals surface area contributed by atoms with Crippen molar-refractivity contribution < 1.29 is 10.2 Å². The molecule has 0 spiro atoms. The molecule has 2 N–H and O–H groups in total. The van der Waals surface area contributed by atoms with Gasteiger partial charge in [0.1, 0.15) is 0 Å². The Bertz CT molecular complexity index is 439. The summed E-state index contributed by atoms with van der Waals surface area (Å²) in [5, 5.41) is 19.0. The van der Waals surface area contributed by atoms with E-state index in [0.29, 0.717) is 18.4 Å². The molecular weight excluding hydrogens is 272 g/mol. The van der Waals surface area contributed by atoms with Crippen LogP contribution in [0.5, 0.6) is 0 Å². The van der Waals surface area contributed by atoms with Crippen LogP contribution < -0.4 is 0 Å². The molecule has 22 heavy (non-hydrogen) atoms. The van der Waals surface area contributed by atoms with Crippen molar-refractivity contribution in [3.63, 3.8) is 0 Å². The molecule has 0 saturated heterocycles. The lowest BCUT2D eigenvalue weighted by atomic mass is 9.47. The molecule has 4 atom stereocenters. The van der Waals surface area contributed by atoms with E-state index in [-0.39, 0.29) is 17.4 Å². The van der Waals surface area contributed by atoms with Gasteiger partial charge in [-0.1, -0.05) is 44.1 Å². The highest BCUT2D eigenvalue weighted by molar-refractivity contribution is 5.17. The number of allylic oxidation sites excluding steroid dienone is 2. The summed E-state index contributed by atoms with van der Waals surface area (Å²) in [6.07, 6.45) is 10.0.